The molecule has 1 aromatic carbocycles. The number of thioether (sulfide) groups is 1. The highest BCUT2D eigenvalue weighted by Crippen LogP contribution is 2.36. The summed E-state index contributed by atoms with van der Waals surface area (Å²) in [5, 5.41) is 6.01. The fourth-order valence-corrected chi connectivity index (χ4v) is 5.14. The van der Waals surface area contributed by atoms with Crippen molar-refractivity contribution in [1.82, 2.24) is 15.5 Å². The third-order valence-electron chi connectivity index (χ3n) is 5.86. The van der Waals surface area contributed by atoms with Gasteiger partial charge in [-0.3, -0.25) is 14.5 Å². The van der Waals surface area contributed by atoms with Gasteiger partial charge < -0.3 is 10.6 Å². The van der Waals surface area contributed by atoms with E-state index in [1.54, 1.807) is 0 Å². The van der Waals surface area contributed by atoms with Crippen LogP contribution in [0.25, 0.3) is 0 Å². The molecule has 2 fully saturated rings. The lowest BCUT2D eigenvalue weighted by molar-refractivity contribution is -0.121. The summed E-state index contributed by atoms with van der Waals surface area (Å²) in [7, 11) is 0. The van der Waals surface area contributed by atoms with Gasteiger partial charge in [0, 0.05) is 55.2 Å². The molecule has 0 radical (unpaired) electrons. The van der Waals surface area contributed by atoms with E-state index >= 15 is 0 Å². The van der Waals surface area contributed by atoms with Crippen LogP contribution in [-0.4, -0.2) is 59.9 Å². The van der Waals surface area contributed by atoms with Gasteiger partial charge in [0.05, 0.1) is 0 Å². The topological polar surface area (TPSA) is 61.4 Å². The molecule has 2 aliphatic rings. The first-order valence-electron chi connectivity index (χ1n) is 10.0. The Morgan fingerprint density at radius 2 is 1.81 bits per heavy atom. The van der Waals surface area contributed by atoms with Crippen LogP contribution < -0.4 is 10.6 Å². The lowest BCUT2D eigenvalue weighted by Gasteiger charge is -2.43. The van der Waals surface area contributed by atoms with Gasteiger partial charge in [-0.1, -0.05) is 31.0 Å². The second-order valence-corrected chi connectivity index (χ2v) is 8.85. The predicted molar refractivity (Wildman–Crippen MR) is 111 cm³/mol. The van der Waals surface area contributed by atoms with Crippen molar-refractivity contribution < 1.29 is 9.59 Å². The fraction of sp³-hybridized carbons (Fsp3) is 0.619. The third kappa shape index (κ3) is 5.26. The summed E-state index contributed by atoms with van der Waals surface area (Å²) in [5.41, 5.74) is 1.77. The zero-order chi connectivity index (χ0) is 19.1. The van der Waals surface area contributed by atoms with E-state index in [-0.39, 0.29) is 17.4 Å². The van der Waals surface area contributed by atoms with Crippen molar-refractivity contribution in [2.45, 2.75) is 44.6 Å². The second kappa shape index (κ2) is 9.60. The van der Waals surface area contributed by atoms with Gasteiger partial charge in [0.2, 0.25) is 5.91 Å². The van der Waals surface area contributed by atoms with Crippen molar-refractivity contribution in [1.29, 1.82) is 0 Å². The van der Waals surface area contributed by atoms with Gasteiger partial charge in [0.1, 0.15) is 0 Å². The number of carbonyl (C=O) groups excluding carboxylic acids is 2. The first-order valence-corrected chi connectivity index (χ1v) is 11.2. The van der Waals surface area contributed by atoms with Gasteiger partial charge in [-0.15, -0.1) is 0 Å². The molecule has 0 unspecified atom stereocenters. The molecule has 1 aromatic rings. The third-order valence-corrected chi connectivity index (χ3v) is 6.80. The standard InChI is InChI=1S/C21H31N3O2S/c1-17-6-2-3-7-18(17)20(26)22-11-8-19(25)23-16-21(9-4-5-10-21)24-12-14-27-15-13-24/h2-3,6-7H,4-5,8-16H2,1H3,(H,22,26)(H,23,25). The van der Waals surface area contributed by atoms with Crippen LogP contribution in [0.2, 0.25) is 0 Å². The van der Waals surface area contributed by atoms with E-state index < -0.39 is 0 Å². The summed E-state index contributed by atoms with van der Waals surface area (Å²) in [6.07, 6.45) is 5.20. The minimum Gasteiger partial charge on any atom is -0.354 e. The fourth-order valence-electron chi connectivity index (χ4n) is 4.24. The Kier molecular flexibility index (Phi) is 7.19. The van der Waals surface area contributed by atoms with E-state index in [0.29, 0.717) is 18.5 Å². The highest BCUT2D eigenvalue weighted by Gasteiger charge is 2.40. The Bertz CT molecular complexity index is 653. The lowest BCUT2D eigenvalue weighted by atomic mass is 9.94. The molecule has 2 amide bonds. The summed E-state index contributed by atoms with van der Waals surface area (Å²) in [6.45, 7) is 5.29. The number of hydrogen-bond acceptors (Lipinski definition) is 4. The first-order chi connectivity index (χ1) is 13.1. The molecule has 1 aliphatic carbocycles. The molecule has 1 saturated carbocycles. The number of benzene rings is 1. The molecule has 1 aliphatic heterocycles. The van der Waals surface area contributed by atoms with E-state index in [1.165, 1.54) is 37.2 Å². The van der Waals surface area contributed by atoms with Crippen LogP contribution in [0.15, 0.2) is 24.3 Å². The largest absolute Gasteiger partial charge is 0.354 e. The zero-order valence-electron chi connectivity index (χ0n) is 16.3. The zero-order valence-corrected chi connectivity index (χ0v) is 17.1. The van der Waals surface area contributed by atoms with Crippen LogP contribution in [0.3, 0.4) is 0 Å². The van der Waals surface area contributed by atoms with E-state index in [4.69, 9.17) is 0 Å². The van der Waals surface area contributed by atoms with E-state index in [1.807, 2.05) is 43.0 Å². The number of hydrogen-bond donors (Lipinski definition) is 2. The van der Waals surface area contributed by atoms with Crippen molar-refractivity contribution >= 4 is 23.6 Å². The molecule has 27 heavy (non-hydrogen) atoms. The average molecular weight is 390 g/mol. The highest BCUT2D eigenvalue weighted by molar-refractivity contribution is 7.99. The Morgan fingerprint density at radius 1 is 1.11 bits per heavy atom. The number of nitrogens with zero attached hydrogens (tertiary/aromatic N) is 1. The maximum absolute atomic E-state index is 12.3. The summed E-state index contributed by atoms with van der Waals surface area (Å²) in [6, 6.07) is 7.50. The molecule has 3 rings (SSSR count). The maximum Gasteiger partial charge on any atom is 0.251 e. The van der Waals surface area contributed by atoms with Crippen LogP contribution in [0.1, 0.15) is 48.0 Å². The molecular weight excluding hydrogens is 358 g/mol. The molecule has 2 N–H and O–H groups in total. The SMILES string of the molecule is Cc1ccccc1C(=O)NCCC(=O)NCC1(N2CCSCC2)CCCC1. The van der Waals surface area contributed by atoms with Gasteiger partial charge in [-0.25, -0.2) is 0 Å². The molecular formula is C21H31N3O2S. The van der Waals surface area contributed by atoms with Crippen molar-refractivity contribution in [2.24, 2.45) is 0 Å². The van der Waals surface area contributed by atoms with E-state index in [2.05, 4.69) is 15.5 Å². The van der Waals surface area contributed by atoms with Crippen molar-refractivity contribution in [3.8, 4) is 0 Å². The Morgan fingerprint density at radius 3 is 2.52 bits per heavy atom. The van der Waals surface area contributed by atoms with Crippen molar-refractivity contribution in [3.63, 3.8) is 0 Å². The van der Waals surface area contributed by atoms with Crippen LogP contribution in [0, 0.1) is 6.92 Å². The van der Waals surface area contributed by atoms with Crippen molar-refractivity contribution in [2.75, 3.05) is 37.7 Å². The molecule has 0 spiro atoms. The molecule has 0 atom stereocenters. The predicted octanol–water partition coefficient (Wildman–Crippen LogP) is 2.59. The second-order valence-electron chi connectivity index (χ2n) is 7.63. The molecule has 0 aromatic heterocycles. The van der Waals surface area contributed by atoms with Crippen LogP contribution in [0.5, 0.6) is 0 Å². The van der Waals surface area contributed by atoms with Gasteiger partial charge in [0.25, 0.3) is 5.91 Å². The summed E-state index contributed by atoms with van der Waals surface area (Å²) < 4.78 is 0. The monoisotopic (exact) mass is 389 g/mol. The number of rotatable bonds is 7. The molecule has 0 bridgehead atoms. The van der Waals surface area contributed by atoms with Crippen LogP contribution in [0.4, 0.5) is 0 Å². The molecule has 1 heterocycles. The van der Waals surface area contributed by atoms with Crippen LogP contribution >= 0.6 is 11.8 Å². The minimum absolute atomic E-state index is 0.0257. The number of carbonyl (C=O) groups is 2. The van der Waals surface area contributed by atoms with Gasteiger partial charge in [-0.2, -0.15) is 11.8 Å². The Labute approximate surface area is 166 Å². The highest BCUT2D eigenvalue weighted by atomic mass is 32.2. The van der Waals surface area contributed by atoms with E-state index in [0.717, 1.165) is 25.2 Å². The quantitative estimate of drug-likeness (QED) is 0.753. The molecule has 148 valence electrons. The number of aryl methyl sites for hydroxylation is 1. The lowest BCUT2D eigenvalue weighted by Crippen LogP contribution is -2.56. The number of amides is 2. The number of nitrogens with one attached hydrogen (secondary N) is 2. The summed E-state index contributed by atoms with van der Waals surface area (Å²) >= 11 is 2.02. The molecule has 1 saturated heterocycles. The van der Waals surface area contributed by atoms with E-state index in [9.17, 15) is 9.59 Å². The van der Waals surface area contributed by atoms with Crippen molar-refractivity contribution in [3.05, 3.63) is 35.4 Å². The summed E-state index contributed by atoms with van der Waals surface area (Å²) in [4.78, 5) is 27.2. The minimum atomic E-state index is -0.112. The smallest absolute Gasteiger partial charge is 0.251 e. The van der Waals surface area contributed by atoms with Gasteiger partial charge >= 0.3 is 0 Å². The molecule has 5 nitrogen and oxygen atoms in total. The molecule has 6 heteroatoms. The first kappa shape index (κ1) is 20.2. The average Bonchev–Trinajstić information content (AvgIpc) is 3.17. The Hall–Kier alpha value is -1.53. The Balaban J connectivity index is 1.43. The van der Waals surface area contributed by atoms with Gasteiger partial charge in [-0.05, 0) is 31.4 Å². The maximum atomic E-state index is 12.3. The normalized spacial score (nSPS) is 19.6. The van der Waals surface area contributed by atoms with Crippen LogP contribution in [-0.2, 0) is 4.79 Å². The van der Waals surface area contributed by atoms with Gasteiger partial charge in [0.15, 0.2) is 0 Å². The summed E-state index contributed by atoms with van der Waals surface area (Å²) in [5.74, 6) is 2.30.